The second-order valence-corrected chi connectivity index (χ2v) is 11.9. The molecule has 2 heterocycles. The Hall–Kier alpha value is -2.60. The molecule has 5 heteroatoms. The first-order chi connectivity index (χ1) is 17.6. The SMILES string of the molecule is Oc1ccc2c3c1OC1[C@@H](OCc4ccc5ccccc5c4)CCC4(O)C(C2)N(CC2CC2)CCC314. The van der Waals surface area contributed by atoms with Crippen LogP contribution in [-0.4, -0.2) is 52.1 Å². The second-order valence-electron chi connectivity index (χ2n) is 11.9. The highest BCUT2D eigenvalue weighted by Crippen LogP contribution is 2.65. The van der Waals surface area contributed by atoms with Gasteiger partial charge in [-0.1, -0.05) is 42.5 Å². The van der Waals surface area contributed by atoms with Gasteiger partial charge < -0.3 is 19.7 Å². The van der Waals surface area contributed by atoms with Crippen LogP contribution in [0.15, 0.2) is 54.6 Å². The van der Waals surface area contributed by atoms with Gasteiger partial charge in [-0.2, -0.15) is 0 Å². The van der Waals surface area contributed by atoms with Gasteiger partial charge in [0.05, 0.1) is 23.7 Å². The van der Waals surface area contributed by atoms with E-state index in [1.165, 1.54) is 29.2 Å². The average molecular weight is 484 g/mol. The number of aromatic hydroxyl groups is 1. The molecule has 4 unspecified atom stereocenters. The second kappa shape index (κ2) is 7.47. The summed E-state index contributed by atoms with van der Waals surface area (Å²) in [6.45, 7) is 2.57. The van der Waals surface area contributed by atoms with Crippen molar-refractivity contribution in [3.8, 4) is 11.5 Å². The number of hydrogen-bond donors (Lipinski definition) is 2. The molecule has 5 aliphatic rings. The maximum absolute atomic E-state index is 12.6. The summed E-state index contributed by atoms with van der Waals surface area (Å²) >= 11 is 0. The zero-order chi connectivity index (χ0) is 24.1. The van der Waals surface area contributed by atoms with Crippen LogP contribution in [0.1, 0.15) is 48.8 Å². The lowest BCUT2D eigenvalue weighted by Gasteiger charge is -2.64. The average Bonchev–Trinajstić information content (AvgIpc) is 3.63. The Labute approximate surface area is 211 Å². The quantitative estimate of drug-likeness (QED) is 0.551. The lowest BCUT2D eigenvalue weighted by molar-refractivity contribution is -0.217. The minimum absolute atomic E-state index is 0.0994. The molecule has 5 nitrogen and oxygen atoms in total. The van der Waals surface area contributed by atoms with Crippen molar-refractivity contribution in [2.24, 2.45) is 5.92 Å². The number of piperidine rings is 1. The highest BCUT2D eigenvalue weighted by molar-refractivity contribution is 5.82. The molecule has 1 spiro atoms. The molecule has 2 saturated carbocycles. The zero-order valence-electron chi connectivity index (χ0n) is 20.5. The Balaban J connectivity index is 1.15. The van der Waals surface area contributed by atoms with E-state index in [1.54, 1.807) is 6.07 Å². The van der Waals surface area contributed by atoms with Crippen molar-refractivity contribution in [2.45, 2.75) is 74.4 Å². The molecule has 3 aromatic carbocycles. The molecule has 2 bridgehead atoms. The first kappa shape index (κ1) is 21.5. The summed E-state index contributed by atoms with van der Waals surface area (Å²) in [5.74, 6) is 1.56. The molecule has 0 amide bonds. The van der Waals surface area contributed by atoms with Gasteiger partial charge in [-0.15, -0.1) is 0 Å². The van der Waals surface area contributed by atoms with E-state index >= 15 is 0 Å². The summed E-state index contributed by atoms with van der Waals surface area (Å²) in [7, 11) is 0. The van der Waals surface area contributed by atoms with Crippen molar-refractivity contribution in [2.75, 3.05) is 13.1 Å². The van der Waals surface area contributed by atoms with Crippen molar-refractivity contribution in [1.29, 1.82) is 0 Å². The number of aliphatic hydroxyl groups is 1. The van der Waals surface area contributed by atoms with Crippen molar-refractivity contribution in [3.63, 3.8) is 0 Å². The van der Waals surface area contributed by atoms with E-state index in [-0.39, 0.29) is 24.0 Å². The lowest BCUT2D eigenvalue weighted by Crippen LogP contribution is -2.77. The first-order valence-corrected chi connectivity index (χ1v) is 13.6. The van der Waals surface area contributed by atoms with Crippen LogP contribution in [0.4, 0.5) is 0 Å². The molecule has 8 rings (SSSR count). The van der Waals surface area contributed by atoms with Gasteiger partial charge in [-0.25, -0.2) is 0 Å². The van der Waals surface area contributed by atoms with E-state index < -0.39 is 11.0 Å². The number of rotatable bonds is 5. The minimum Gasteiger partial charge on any atom is -0.504 e. The number of hydrogen-bond acceptors (Lipinski definition) is 5. The van der Waals surface area contributed by atoms with Crippen LogP contribution in [-0.2, 0) is 23.2 Å². The number of benzene rings is 3. The van der Waals surface area contributed by atoms with Gasteiger partial charge in [0.15, 0.2) is 11.5 Å². The fourth-order valence-corrected chi connectivity index (χ4v) is 8.14. The highest BCUT2D eigenvalue weighted by Gasteiger charge is 2.73. The molecule has 3 fully saturated rings. The van der Waals surface area contributed by atoms with Gasteiger partial charge in [0.25, 0.3) is 0 Å². The number of fused-ring (bicyclic) bond motifs is 1. The third-order valence-corrected chi connectivity index (χ3v) is 9.99. The van der Waals surface area contributed by atoms with E-state index in [1.807, 2.05) is 0 Å². The molecule has 1 saturated heterocycles. The van der Waals surface area contributed by atoms with E-state index in [9.17, 15) is 10.2 Å². The fraction of sp³-hybridized carbons (Fsp3) is 0.484. The largest absolute Gasteiger partial charge is 0.504 e. The number of phenolic OH excluding ortho intramolecular Hbond substituents is 1. The number of phenols is 1. The monoisotopic (exact) mass is 483 g/mol. The molecular weight excluding hydrogens is 450 g/mol. The van der Waals surface area contributed by atoms with Gasteiger partial charge in [-0.3, -0.25) is 4.90 Å². The maximum Gasteiger partial charge on any atom is 0.165 e. The van der Waals surface area contributed by atoms with E-state index in [4.69, 9.17) is 9.47 Å². The molecule has 186 valence electrons. The number of likely N-dealkylation sites (tertiary alicyclic amines) is 1. The first-order valence-electron chi connectivity index (χ1n) is 13.6. The van der Waals surface area contributed by atoms with E-state index in [0.717, 1.165) is 49.4 Å². The molecule has 36 heavy (non-hydrogen) atoms. The van der Waals surface area contributed by atoms with Gasteiger partial charge >= 0.3 is 0 Å². The normalized spacial score (nSPS) is 34.4. The summed E-state index contributed by atoms with van der Waals surface area (Å²) in [6.07, 6.45) is 5.34. The van der Waals surface area contributed by atoms with Crippen LogP contribution in [0.3, 0.4) is 0 Å². The summed E-state index contributed by atoms with van der Waals surface area (Å²) in [4.78, 5) is 2.57. The summed E-state index contributed by atoms with van der Waals surface area (Å²) in [5, 5.41) is 25.8. The molecular formula is C31H33NO4. The lowest BCUT2D eigenvalue weighted by atomic mass is 9.48. The number of nitrogens with zero attached hydrogens (tertiary/aromatic N) is 1. The fourth-order valence-electron chi connectivity index (χ4n) is 8.14. The van der Waals surface area contributed by atoms with Crippen molar-refractivity contribution in [3.05, 3.63) is 71.3 Å². The summed E-state index contributed by atoms with van der Waals surface area (Å²) < 4.78 is 13.2. The maximum atomic E-state index is 12.6. The minimum atomic E-state index is -0.861. The Morgan fingerprint density at radius 2 is 1.86 bits per heavy atom. The summed E-state index contributed by atoms with van der Waals surface area (Å²) in [5.41, 5.74) is 2.06. The predicted molar refractivity (Wildman–Crippen MR) is 137 cm³/mol. The molecule has 5 atom stereocenters. The third kappa shape index (κ3) is 2.82. The van der Waals surface area contributed by atoms with Crippen molar-refractivity contribution >= 4 is 10.8 Å². The van der Waals surface area contributed by atoms with Crippen molar-refractivity contribution < 1.29 is 19.7 Å². The van der Waals surface area contributed by atoms with Crippen LogP contribution < -0.4 is 4.74 Å². The van der Waals surface area contributed by atoms with Crippen LogP contribution in [0.5, 0.6) is 11.5 Å². The Morgan fingerprint density at radius 3 is 2.72 bits per heavy atom. The predicted octanol–water partition coefficient (Wildman–Crippen LogP) is 4.69. The molecule has 0 radical (unpaired) electrons. The molecule has 0 aromatic heterocycles. The zero-order valence-corrected chi connectivity index (χ0v) is 20.5. The molecule has 2 N–H and O–H groups in total. The van der Waals surface area contributed by atoms with Gasteiger partial charge in [0, 0.05) is 18.2 Å². The van der Waals surface area contributed by atoms with Crippen LogP contribution >= 0.6 is 0 Å². The van der Waals surface area contributed by atoms with Crippen LogP contribution in [0, 0.1) is 5.92 Å². The smallest absolute Gasteiger partial charge is 0.165 e. The molecule has 3 aliphatic carbocycles. The highest BCUT2D eigenvalue weighted by atomic mass is 16.6. The van der Waals surface area contributed by atoms with Crippen LogP contribution in [0.2, 0.25) is 0 Å². The Bertz CT molecular complexity index is 1370. The van der Waals surface area contributed by atoms with E-state index in [2.05, 4.69) is 53.4 Å². The van der Waals surface area contributed by atoms with Gasteiger partial charge in [0.2, 0.25) is 0 Å². The van der Waals surface area contributed by atoms with E-state index in [0.29, 0.717) is 18.8 Å². The molecule has 2 aliphatic heterocycles. The molecule has 3 aromatic rings. The standard InChI is InChI=1S/C31H33NO4/c33-24-10-9-23-16-26-31(34)12-11-25(35-18-20-7-8-21-3-1-2-4-22(21)15-20)29-30(31,27(23)28(24)36-29)13-14-32(26)17-19-5-6-19/h1-4,7-10,15,19,25-26,29,33-34H,5-6,11-14,16-18H2/t25-,26?,29?,30?,31?/m0/s1. The Kier molecular flexibility index (Phi) is 4.46. The summed E-state index contributed by atoms with van der Waals surface area (Å²) in [6, 6.07) is 18.8. The topological polar surface area (TPSA) is 62.2 Å². The van der Waals surface area contributed by atoms with Gasteiger partial charge in [-0.05, 0) is 85.0 Å². The Morgan fingerprint density at radius 1 is 1.00 bits per heavy atom. The third-order valence-electron chi connectivity index (χ3n) is 9.99. The van der Waals surface area contributed by atoms with Crippen molar-refractivity contribution in [1.82, 2.24) is 4.90 Å². The van der Waals surface area contributed by atoms with Gasteiger partial charge in [0.1, 0.15) is 6.10 Å². The number of ether oxygens (including phenoxy) is 2. The van der Waals surface area contributed by atoms with Crippen LogP contribution in [0.25, 0.3) is 10.8 Å².